The van der Waals surface area contributed by atoms with Crippen molar-refractivity contribution >= 4 is 0 Å². The van der Waals surface area contributed by atoms with E-state index in [1.165, 1.54) is 6.42 Å². The number of ether oxygens (including phenoxy) is 1. The average molecular weight is 172 g/mol. The van der Waals surface area contributed by atoms with Crippen molar-refractivity contribution in [1.29, 1.82) is 0 Å². The van der Waals surface area contributed by atoms with E-state index in [0.29, 0.717) is 18.6 Å². The zero-order chi connectivity index (χ0) is 8.97. The van der Waals surface area contributed by atoms with E-state index in [2.05, 4.69) is 13.8 Å². The van der Waals surface area contributed by atoms with E-state index in [1.54, 1.807) is 0 Å². The SMILES string of the molecule is CC(CCO)CC1CC(C)CO1. The first-order valence-corrected chi connectivity index (χ1v) is 4.94. The minimum atomic E-state index is 0.309. The topological polar surface area (TPSA) is 29.5 Å². The van der Waals surface area contributed by atoms with Crippen LogP contribution in [-0.4, -0.2) is 24.4 Å². The molecule has 0 aromatic heterocycles. The van der Waals surface area contributed by atoms with Gasteiger partial charge in [-0.3, -0.25) is 0 Å². The summed E-state index contributed by atoms with van der Waals surface area (Å²) in [5.74, 6) is 1.33. The monoisotopic (exact) mass is 172 g/mol. The van der Waals surface area contributed by atoms with Gasteiger partial charge in [0.25, 0.3) is 0 Å². The standard InChI is InChI=1S/C10H20O2/c1-8(3-4-11)5-10-6-9(2)7-12-10/h8-11H,3-7H2,1-2H3. The highest BCUT2D eigenvalue weighted by atomic mass is 16.5. The van der Waals surface area contributed by atoms with Gasteiger partial charge in [-0.05, 0) is 31.1 Å². The van der Waals surface area contributed by atoms with Crippen LogP contribution in [0.3, 0.4) is 0 Å². The Kier molecular flexibility index (Phi) is 4.02. The van der Waals surface area contributed by atoms with Gasteiger partial charge in [0.1, 0.15) is 0 Å². The van der Waals surface area contributed by atoms with Crippen LogP contribution in [-0.2, 0) is 4.74 Å². The van der Waals surface area contributed by atoms with Gasteiger partial charge in [0.2, 0.25) is 0 Å². The van der Waals surface area contributed by atoms with E-state index in [0.717, 1.165) is 25.4 Å². The molecule has 2 nitrogen and oxygen atoms in total. The molecule has 0 saturated carbocycles. The quantitative estimate of drug-likeness (QED) is 0.701. The molecule has 0 spiro atoms. The van der Waals surface area contributed by atoms with Gasteiger partial charge in [-0.2, -0.15) is 0 Å². The minimum absolute atomic E-state index is 0.309. The molecule has 0 aromatic rings. The fraction of sp³-hybridized carbons (Fsp3) is 1.00. The first-order valence-electron chi connectivity index (χ1n) is 4.94. The second-order valence-corrected chi connectivity index (χ2v) is 4.15. The molecule has 1 rings (SSSR count). The second kappa shape index (κ2) is 4.83. The van der Waals surface area contributed by atoms with E-state index in [4.69, 9.17) is 9.84 Å². The number of hydrogen-bond acceptors (Lipinski definition) is 2. The normalized spacial score (nSPS) is 32.2. The first-order chi connectivity index (χ1) is 5.72. The van der Waals surface area contributed by atoms with Gasteiger partial charge < -0.3 is 9.84 Å². The molecule has 1 aliphatic heterocycles. The smallest absolute Gasteiger partial charge is 0.0581 e. The van der Waals surface area contributed by atoms with Crippen molar-refractivity contribution in [3.05, 3.63) is 0 Å². The summed E-state index contributed by atoms with van der Waals surface area (Å²) < 4.78 is 5.60. The summed E-state index contributed by atoms with van der Waals surface area (Å²) in [6.45, 7) is 5.65. The molecule has 3 unspecified atom stereocenters. The number of hydrogen-bond donors (Lipinski definition) is 1. The molecule has 0 aromatic carbocycles. The van der Waals surface area contributed by atoms with Crippen molar-refractivity contribution in [2.75, 3.05) is 13.2 Å². The molecule has 1 saturated heterocycles. The van der Waals surface area contributed by atoms with Crippen LogP contribution in [0.15, 0.2) is 0 Å². The lowest BCUT2D eigenvalue weighted by molar-refractivity contribution is 0.0851. The molecule has 0 aliphatic carbocycles. The number of aliphatic hydroxyl groups excluding tert-OH is 1. The molecule has 0 bridgehead atoms. The van der Waals surface area contributed by atoms with Gasteiger partial charge in [-0.25, -0.2) is 0 Å². The van der Waals surface area contributed by atoms with Crippen molar-refractivity contribution in [1.82, 2.24) is 0 Å². The molecule has 72 valence electrons. The zero-order valence-electron chi connectivity index (χ0n) is 8.12. The summed E-state index contributed by atoms with van der Waals surface area (Å²) in [4.78, 5) is 0. The summed E-state index contributed by atoms with van der Waals surface area (Å²) >= 11 is 0. The lowest BCUT2D eigenvalue weighted by Crippen LogP contribution is -2.11. The van der Waals surface area contributed by atoms with Crippen LogP contribution < -0.4 is 0 Å². The predicted octanol–water partition coefficient (Wildman–Crippen LogP) is 1.82. The van der Waals surface area contributed by atoms with Crippen molar-refractivity contribution in [2.45, 2.75) is 39.2 Å². The molecule has 1 aliphatic rings. The van der Waals surface area contributed by atoms with E-state index in [-0.39, 0.29) is 0 Å². The maximum absolute atomic E-state index is 8.72. The third kappa shape index (κ3) is 3.11. The van der Waals surface area contributed by atoms with Crippen LogP contribution in [0, 0.1) is 11.8 Å². The first kappa shape index (κ1) is 10.0. The van der Waals surface area contributed by atoms with Gasteiger partial charge >= 0.3 is 0 Å². The van der Waals surface area contributed by atoms with E-state index in [9.17, 15) is 0 Å². The van der Waals surface area contributed by atoms with Crippen LogP contribution >= 0.6 is 0 Å². The Morgan fingerprint density at radius 2 is 2.33 bits per heavy atom. The van der Waals surface area contributed by atoms with Crippen molar-refractivity contribution in [3.8, 4) is 0 Å². The highest BCUT2D eigenvalue weighted by Gasteiger charge is 2.23. The van der Waals surface area contributed by atoms with Crippen molar-refractivity contribution in [2.24, 2.45) is 11.8 Å². The van der Waals surface area contributed by atoms with E-state index < -0.39 is 0 Å². The molecule has 3 atom stereocenters. The highest BCUT2D eigenvalue weighted by molar-refractivity contribution is 4.72. The summed E-state index contributed by atoms with van der Waals surface area (Å²) in [6, 6.07) is 0. The highest BCUT2D eigenvalue weighted by Crippen LogP contribution is 2.24. The molecule has 1 fully saturated rings. The minimum Gasteiger partial charge on any atom is -0.396 e. The number of rotatable bonds is 4. The average Bonchev–Trinajstić information content (AvgIpc) is 2.36. The van der Waals surface area contributed by atoms with Crippen molar-refractivity contribution < 1.29 is 9.84 Å². The second-order valence-electron chi connectivity index (χ2n) is 4.15. The molecule has 12 heavy (non-hydrogen) atoms. The number of aliphatic hydroxyl groups is 1. The fourth-order valence-corrected chi connectivity index (χ4v) is 1.84. The van der Waals surface area contributed by atoms with Gasteiger partial charge in [-0.1, -0.05) is 13.8 Å². The molecule has 1 N–H and O–H groups in total. The lowest BCUT2D eigenvalue weighted by Gasteiger charge is -2.14. The Morgan fingerprint density at radius 3 is 2.83 bits per heavy atom. The summed E-state index contributed by atoms with van der Waals surface area (Å²) in [5, 5.41) is 8.72. The summed E-state index contributed by atoms with van der Waals surface area (Å²) in [5.41, 5.74) is 0. The van der Waals surface area contributed by atoms with Crippen molar-refractivity contribution in [3.63, 3.8) is 0 Å². The molecule has 2 heteroatoms. The van der Waals surface area contributed by atoms with E-state index >= 15 is 0 Å². The molecule has 1 heterocycles. The van der Waals surface area contributed by atoms with Gasteiger partial charge in [0, 0.05) is 13.2 Å². The molecule has 0 radical (unpaired) electrons. The Bertz CT molecular complexity index is 125. The summed E-state index contributed by atoms with van der Waals surface area (Å²) in [7, 11) is 0. The van der Waals surface area contributed by atoms with Crippen LogP contribution in [0.4, 0.5) is 0 Å². The van der Waals surface area contributed by atoms with Crippen LogP contribution in [0.5, 0.6) is 0 Å². The Morgan fingerprint density at radius 1 is 1.58 bits per heavy atom. The maximum Gasteiger partial charge on any atom is 0.0581 e. The third-order valence-corrected chi connectivity index (χ3v) is 2.57. The summed E-state index contributed by atoms with van der Waals surface area (Å²) in [6.07, 6.45) is 3.69. The zero-order valence-corrected chi connectivity index (χ0v) is 8.12. The molecule has 0 amide bonds. The lowest BCUT2D eigenvalue weighted by atomic mass is 9.97. The van der Waals surface area contributed by atoms with Crippen LogP contribution in [0.2, 0.25) is 0 Å². The molecular formula is C10H20O2. The Labute approximate surface area is 74.9 Å². The Hall–Kier alpha value is -0.0800. The van der Waals surface area contributed by atoms with Crippen LogP contribution in [0.1, 0.15) is 33.1 Å². The Balaban J connectivity index is 2.14. The van der Waals surface area contributed by atoms with Gasteiger partial charge in [0.05, 0.1) is 6.10 Å². The molecular weight excluding hydrogens is 152 g/mol. The van der Waals surface area contributed by atoms with E-state index in [1.807, 2.05) is 0 Å². The third-order valence-electron chi connectivity index (χ3n) is 2.57. The van der Waals surface area contributed by atoms with Crippen LogP contribution in [0.25, 0.3) is 0 Å². The fourth-order valence-electron chi connectivity index (χ4n) is 1.84. The maximum atomic E-state index is 8.72. The van der Waals surface area contributed by atoms with Gasteiger partial charge in [0.15, 0.2) is 0 Å². The largest absolute Gasteiger partial charge is 0.396 e. The van der Waals surface area contributed by atoms with Gasteiger partial charge in [-0.15, -0.1) is 0 Å². The predicted molar refractivity (Wildman–Crippen MR) is 49.0 cm³/mol.